The second-order valence-corrected chi connectivity index (χ2v) is 7.09. The van der Waals surface area contributed by atoms with Gasteiger partial charge < -0.3 is 4.74 Å². The monoisotopic (exact) mass is 478 g/mol. The summed E-state index contributed by atoms with van der Waals surface area (Å²) < 4.78 is 6.14. The van der Waals surface area contributed by atoms with E-state index in [9.17, 15) is 14.4 Å². The molecule has 8 heteroatoms. The maximum Gasteiger partial charge on any atom is 0.308 e. The van der Waals surface area contributed by atoms with Crippen molar-refractivity contribution in [1.29, 1.82) is 0 Å². The minimum atomic E-state index is -0.491. The molecule has 26 heavy (non-hydrogen) atoms. The van der Waals surface area contributed by atoms with Gasteiger partial charge in [0, 0.05) is 6.92 Å². The predicted octanol–water partition coefficient (Wildman–Crippen LogP) is 3.60. The van der Waals surface area contributed by atoms with E-state index < -0.39 is 17.8 Å². The fraction of sp³-hybridized carbons (Fsp3) is 0.0556. The molecular formula is C18H12Br2N2O4. The fourth-order valence-corrected chi connectivity index (χ4v) is 3.77. The van der Waals surface area contributed by atoms with Crippen LogP contribution in [0.15, 0.2) is 57.0 Å². The molecule has 0 radical (unpaired) electrons. The van der Waals surface area contributed by atoms with Crippen LogP contribution in [0.3, 0.4) is 0 Å². The maximum atomic E-state index is 12.6. The molecule has 1 saturated heterocycles. The van der Waals surface area contributed by atoms with Crippen LogP contribution >= 0.6 is 31.9 Å². The number of benzene rings is 2. The number of hydrogen-bond acceptors (Lipinski definition) is 4. The van der Waals surface area contributed by atoms with Crippen molar-refractivity contribution >= 4 is 61.4 Å². The van der Waals surface area contributed by atoms with Gasteiger partial charge in [0.25, 0.3) is 11.8 Å². The molecule has 0 atom stereocenters. The summed E-state index contributed by atoms with van der Waals surface area (Å²) in [5.74, 6) is -1.07. The number of nitrogens with zero attached hydrogens (tertiary/aromatic N) is 1. The first-order valence-corrected chi connectivity index (χ1v) is 9.05. The Kier molecular flexibility index (Phi) is 5.24. The summed E-state index contributed by atoms with van der Waals surface area (Å²) in [6, 6.07) is 12.1. The molecule has 1 heterocycles. The molecule has 0 unspecified atom stereocenters. The highest BCUT2D eigenvalue weighted by Crippen LogP contribution is 2.36. The van der Waals surface area contributed by atoms with Crippen LogP contribution in [0.2, 0.25) is 0 Å². The van der Waals surface area contributed by atoms with Crippen molar-refractivity contribution in [3.8, 4) is 5.75 Å². The van der Waals surface area contributed by atoms with Crippen LogP contribution in [-0.2, 0) is 14.4 Å². The Labute approximate surface area is 166 Å². The second-order valence-electron chi connectivity index (χ2n) is 5.38. The Morgan fingerprint density at radius 2 is 1.73 bits per heavy atom. The molecule has 1 aliphatic rings. The first-order valence-electron chi connectivity index (χ1n) is 7.46. The van der Waals surface area contributed by atoms with Crippen molar-refractivity contribution in [2.75, 3.05) is 5.01 Å². The number of nitrogens with one attached hydrogen (secondary N) is 1. The Balaban J connectivity index is 1.94. The lowest BCUT2D eigenvalue weighted by molar-refractivity contribution is -0.132. The number of hydrogen-bond donors (Lipinski definition) is 1. The van der Waals surface area contributed by atoms with Gasteiger partial charge in [0.05, 0.1) is 14.6 Å². The minimum Gasteiger partial charge on any atom is -0.424 e. The highest BCUT2D eigenvalue weighted by atomic mass is 79.9. The number of carbonyl (C=O) groups excluding carboxylic acids is 3. The third kappa shape index (κ3) is 3.71. The van der Waals surface area contributed by atoms with E-state index in [0.29, 0.717) is 25.9 Å². The SMILES string of the molecule is CC(=O)Oc1c(Br)cc(/C=C2/C(=O)NN(c3ccccc3)C2=O)cc1Br. The van der Waals surface area contributed by atoms with E-state index >= 15 is 0 Å². The van der Waals surface area contributed by atoms with Gasteiger partial charge in [-0.25, -0.2) is 5.01 Å². The number of halogens is 2. The summed E-state index contributed by atoms with van der Waals surface area (Å²) in [6.07, 6.45) is 1.48. The van der Waals surface area contributed by atoms with Gasteiger partial charge in [-0.2, -0.15) is 0 Å². The molecule has 0 aliphatic carbocycles. The van der Waals surface area contributed by atoms with Crippen LogP contribution < -0.4 is 15.2 Å². The van der Waals surface area contributed by atoms with E-state index in [-0.39, 0.29) is 5.57 Å². The van der Waals surface area contributed by atoms with Crippen molar-refractivity contribution in [1.82, 2.24) is 5.43 Å². The zero-order valence-electron chi connectivity index (χ0n) is 13.5. The van der Waals surface area contributed by atoms with E-state index in [1.54, 1.807) is 36.4 Å². The number of anilines is 1. The molecule has 2 aromatic carbocycles. The summed E-state index contributed by atoms with van der Waals surface area (Å²) >= 11 is 6.64. The fourth-order valence-electron chi connectivity index (χ4n) is 2.39. The number of hydrazine groups is 1. The Morgan fingerprint density at radius 1 is 1.12 bits per heavy atom. The maximum absolute atomic E-state index is 12.6. The lowest BCUT2D eigenvalue weighted by Crippen LogP contribution is -2.35. The summed E-state index contributed by atoms with van der Waals surface area (Å²) in [4.78, 5) is 36.0. The lowest BCUT2D eigenvalue weighted by atomic mass is 10.1. The average Bonchev–Trinajstić information content (AvgIpc) is 2.87. The first-order chi connectivity index (χ1) is 12.4. The van der Waals surface area contributed by atoms with E-state index in [0.717, 1.165) is 0 Å². The lowest BCUT2D eigenvalue weighted by Gasteiger charge is -2.13. The summed E-state index contributed by atoms with van der Waals surface area (Å²) in [5, 5.41) is 1.20. The Hall–Kier alpha value is -2.45. The highest BCUT2D eigenvalue weighted by molar-refractivity contribution is 9.11. The zero-order valence-corrected chi connectivity index (χ0v) is 16.6. The minimum absolute atomic E-state index is 0.00730. The number of carbonyl (C=O) groups is 3. The smallest absolute Gasteiger partial charge is 0.308 e. The molecule has 2 amide bonds. The molecule has 2 aromatic rings. The number of esters is 1. The molecule has 0 saturated carbocycles. The van der Waals surface area contributed by atoms with Gasteiger partial charge in [0.2, 0.25) is 0 Å². The van der Waals surface area contributed by atoms with Gasteiger partial charge in [0.15, 0.2) is 5.75 Å². The molecule has 132 valence electrons. The van der Waals surface area contributed by atoms with Crippen LogP contribution in [0.25, 0.3) is 6.08 Å². The van der Waals surface area contributed by atoms with Crippen molar-refractivity contribution in [3.63, 3.8) is 0 Å². The molecule has 1 N–H and O–H groups in total. The number of ether oxygens (including phenoxy) is 1. The number of rotatable bonds is 3. The standard InChI is InChI=1S/C18H12Br2N2O4/c1-10(23)26-16-14(19)8-11(9-15(16)20)7-13-17(24)21-22(18(13)25)12-5-3-2-4-6-12/h2-9H,1H3,(H,21,24)/b13-7-. The van der Waals surface area contributed by atoms with Gasteiger partial charge in [-0.3, -0.25) is 19.8 Å². The largest absolute Gasteiger partial charge is 0.424 e. The van der Waals surface area contributed by atoms with E-state index in [1.807, 2.05) is 6.07 Å². The Bertz CT molecular complexity index is 918. The first kappa shape index (κ1) is 18.3. The predicted molar refractivity (Wildman–Crippen MR) is 103 cm³/mol. The zero-order chi connectivity index (χ0) is 18.8. The van der Waals surface area contributed by atoms with Crippen LogP contribution in [0, 0.1) is 0 Å². The average molecular weight is 480 g/mol. The molecule has 1 fully saturated rings. The van der Waals surface area contributed by atoms with Gasteiger partial charge in [0.1, 0.15) is 5.57 Å². The second kappa shape index (κ2) is 7.43. The highest BCUT2D eigenvalue weighted by Gasteiger charge is 2.34. The molecule has 0 spiro atoms. The number of amides is 2. The molecule has 0 aromatic heterocycles. The molecule has 6 nitrogen and oxygen atoms in total. The molecule has 0 bridgehead atoms. The topological polar surface area (TPSA) is 75.7 Å². The number of para-hydroxylation sites is 1. The summed E-state index contributed by atoms with van der Waals surface area (Å²) in [7, 11) is 0. The molecule has 1 aliphatic heterocycles. The molecule has 3 rings (SSSR count). The third-order valence-corrected chi connectivity index (χ3v) is 4.66. The van der Waals surface area contributed by atoms with Crippen molar-refractivity contribution in [3.05, 3.63) is 62.5 Å². The van der Waals surface area contributed by atoms with E-state index in [2.05, 4.69) is 37.3 Å². The van der Waals surface area contributed by atoms with Gasteiger partial charge in [-0.05, 0) is 67.8 Å². The van der Waals surface area contributed by atoms with Gasteiger partial charge in [-0.1, -0.05) is 18.2 Å². The summed E-state index contributed by atoms with van der Waals surface area (Å²) in [5.41, 5.74) is 3.71. The van der Waals surface area contributed by atoms with Crippen LogP contribution in [-0.4, -0.2) is 17.8 Å². The van der Waals surface area contributed by atoms with Crippen LogP contribution in [0.4, 0.5) is 5.69 Å². The third-order valence-electron chi connectivity index (χ3n) is 3.48. The normalized spacial score (nSPS) is 15.3. The van der Waals surface area contributed by atoms with Crippen LogP contribution in [0.1, 0.15) is 12.5 Å². The van der Waals surface area contributed by atoms with Crippen molar-refractivity contribution < 1.29 is 19.1 Å². The molecular weight excluding hydrogens is 468 g/mol. The van der Waals surface area contributed by atoms with Gasteiger partial charge in [-0.15, -0.1) is 0 Å². The van der Waals surface area contributed by atoms with Gasteiger partial charge >= 0.3 is 5.97 Å². The van der Waals surface area contributed by atoms with E-state index in [1.165, 1.54) is 18.0 Å². The Morgan fingerprint density at radius 3 is 2.31 bits per heavy atom. The quantitative estimate of drug-likeness (QED) is 0.316. The van der Waals surface area contributed by atoms with Crippen molar-refractivity contribution in [2.45, 2.75) is 6.92 Å². The van der Waals surface area contributed by atoms with Crippen LogP contribution in [0.5, 0.6) is 5.75 Å². The van der Waals surface area contributed by atoms with E-state index in [4.69, 9.17) is 4.74 Å². The summed E-state index contributed by atoms with van der Waals surface area (Å²) in [6.45, 7) is 1.30. The van der Waals surface area contributed by atoms with Crippen molar-refractivity contribution in [2.24, 2.45) is 0 Å².